The lowest BCUT2D eigenvalue weighted by Crippen LogP contribution is -2.12. The molecular formula is C14H10FN3O. The van der Waals surface area contributed by atoms with Crippen LogP contribution in [-0.4, -0.2) is 15.3 Å². The number of aromatic nitrogens is 2. The van der Waals surface area contributed by atoms with Gasteiger partial charge >= 0.3 is 0 Å². The normalized spacial score (nSPS) is 10.6. The van der Waals surface area contributed by atoms with Crippen LogP contribution in [0.5, 0.6) is 0 Å². The molecule has 0 saturated carbocycles. The van der Waals surface area contributed by atoms with Gasteiger partial charge in [-0.3, -0.25) is 4.79 Å². The lowest BCUT2D eigenvalue weighted by molar-refractivity contribution is 0.102. The van der Waals surface area contributed by atoms with Crippen LogP contribution in [0.4, 0.5) is 10.2 Å². The molecule has 0 unspecified atom stereocenters. The lowest BCUT2D eigenvalue weighted by Gasteiger charge is -2.01. The number of pyridine rings is 1. The molecule has 0 saturated heterocycles. The van der Waals surface area contributed by atoms with Crippen molar-refractivity contribution in [1.82, 2.24) is 9.38 Å². The van der Waals surface area contributed by atoms with E-state index in [-0.39, 0.29) is 11.5 Å². The predicted octanol–water partition coefficient (Wildman–Crippen LogP) is 2.73. The number of nitrogens with one attached hydrogen (secondary N) is 1. The SMILES string of the molecule is O=C(Nc1cn2ccccc2n1)c1cccc(F)c1. The van der Waals surface area contributed by atoms with Crippen molar-refractivity contribution in [3.8, 4) is 0 Å². The molecule has 0 atom stereocenters. The molecule has 94 valence electrons. The molecule has 0 bridgehead atoms. The summed E-state index contributed by atoms with van der Waals surface area (Å²) in [5, 5.41) is 2.64. The maximum Gasteiger partial charge on any atom is 0.256 e. The summed E-state index contributed by atoms with van der Waals surface area (Å²) in [7, 11) is 0. The number of imidazole rings is 1. The van der Waals surface area contributed by atoms with E-state index in [4.69, 9.17) is 0 Å². The molecule has 5 heteroatoms. The minimum Gasteiger partial charge on any atom is -0.305 e. The third-order valence-electron chi connectivity index (χ3n) is 2.69. The van der Waals surface area contributed by atoms with Crippen molar-refractivity contribution in [2.24, 2.45) is 0 Å². The number of nitrogens with zero attached hydrogens (tertiary/aromatic N) is 2. The van der Waals surface area contributed by atoms with Crippen LogP contribution in [0, 0.1) is 5.82 Å². The Morgan fingerprint density at radius 2 is 2.11 bits per heavy atom. The van der Waals surface area contributed by atoms with Gasteiger partial charge in [-0.25, -0.2) is 9.37 Å². The molecule has 0 aliphatic heterocycles. The maximum atomic E-state index is 13.0. The summed E-state index contributed by atoms with van der Waals surface area (Å²) in [4.78, 5) is 16.2. The van der Waals surface area contributed by atoms with Crippen molar-refractivity contribution < 1.29 is 9.18 Å². The summed E-state index contributed by atoms with van der Waals surface area (Å²) < 4.78 is 14.8. The van der Waals surface area contributed by atoms with E-state index >= 15 is 0 Å². The second-order valence-electron chi connectivity index (χ2n) is 4.06. The Morgan fingerprint density at radius 3 is 2.89 bits per heavy atom. The van der Waals surface area contributed by atoms with Crippen molar-refractivity contribution in [2.75, 3.05) is 5.32 Å². The molecule has 0 spiro atoms. The number of amides is 1. The van der Waals surface area contributed by atoms with Gasteiger partial charge in [-0.15, -0.1) is 0 Å². The van der Waals surface area contributed by atoms with E-state index in [0.29, 0.717) is 5.82 Å². The van der Waals surface area contributed by atoms with Crippen LogP contribution >= 0.6 is 0 Å². The molecule has 2 heterocycles. The first-order valence-corrected chi connectivity index (χ1v) is 5.73. The Labute approximate surface area is 108 Å². The van der Waals surface area contributed by atoms with Gasteiger partial charge < -0.3 is 9.72 Å². The number of hydrogen-bond acceptors (Lipinski definition) is 2. The standard InChI is InChI=1S/C14H10FN3O/c15-11-5-3-4-10(8-11)14(19)17-12-9-18-7-2-1-6-13(18)16-12/h1-9H,(H,17,19). The van der Waals surface area contributed by atoms with Crippen molar-refractivity contribution in [3.63, 3.8) is 0 Å². The topological polar surface area (TPSA) is 46.4 Å². The quantitative estimate of drug-likeness (QED) is 0.765. The van der Waals surface area contributed by atoms with Gasteiger partial charge in [0.1, 0.15) is 11.5 Å². The highest BCUT2D eigenvalue weighted by Crippen LogP contribution is 2.11. The summed E-state index contributed by atoms with van der Waals surface area (Å²) in [5.41, 5.74) is 0.995. The molecule has 0 fully saturated rings. The van der Waals surface area contributed by atoms with Crippen LogP contribution in [0.1, 0.15) is 10.4 Å². The van der Waals surface area contributed by atoms with Gasteiger partial charge in [0.15, 0.2) is 5.82 Å². The smallest absolute Gasteiger partial charge is 0.256 e. The highest BCUT2D eigenvalue weighted by Gasteiger charge is 2.09. The number of benzene rings is 1. The Morgan fingerprint density at radius 1 is 1.21 bits per heavy atom. The lowest BCUT2D eigenvalue weighted by atomic mass is 10.2. The number of anilines is 1. The highest BCUT2D eigenvalue weighted by molar-refractivity contribution is 6.03. The average Bonchev–Trinajstić information content (AvgIpc) is 2.80. The largest absolute Gasteiger partial charge is 0.305 e. The van der Waals surface area contributed by atoms with Crippen LogP contribution in [0.25, 0.3) is 5.65 Å². The summed E-state index contributed by atoms with van der Waals surface area (Å²) >= 11 is 0. The zero-order chi connectivity index (χ0) is 13.2. The van der Waals surface area contributed by atoms with E-state index in [1.54, 1.807) is 16.7 Å². The van der Waals surface area contributed by atoms with Gasteiger partial charge in [-0.05, 0) is 30.3 Å². The highest BCUT2D eigenvalue weighted by atomic mass is 19.1. The Balaban J connectivity index is 1.86. The molecule has 0 aliphatic carbocycles. The van der Waals surface area contributed by atoms with Crippen LogP contribution < -0.4 is 5.32 Å². The first-order valence-electron chi connectivity index (χ1n) is 5.73. The van der Waals surface area contributed by atoms with E-state index in [1.165, 1.54) is 18.2 Å². The fourth-order valence-corrected chi connectivity index (χ4v) is 1.81. The molecule has 1 N–H and O–H groups in total. The van der Waals surface area contributed by atoms with Crippen molar-refractivity contribution in [1.29, 1.82) is 0 Å². The zero-order valence-corrected chi connectivity index (χ0v) is 9.88. The first kappa shape index (κ1) is 11.4. The van der Waals surface area contributed by atoms with Crippen molar-refractivity contribution in [3.05, 3.63) is 66.2 Å². The minimum atomic E-state index is -0.442. The van der Waals surface area contributed by atoms with Gasteiger partial charge in [0, 0.05) is 11.8 Å². The second-order valence-corrected chi connectivity index (χ2v) is 4.06. The third-order valence-corrected chi connectivity index (χ3v) is 2.69. The number of hydrogen-bond donors (Lipinski definition) is 1. The molecule has 3 rings (SSSR count). The van der Waals surface area contributed by atoms with E-state index in [0.717, 1.165) is 5.65 Å². The molecule has 4 nitrogen and oxygen atoms in total. The summed E-state index contributed by atoms with van der Waals surface area (Å²) in [6.07, 6.45) is 3.53. The predicted molar refractivity (Wildman–Crippen MR) is 69.5 cm³/mol. The molecule has 2 aromatic heterocycles. The van der Waals surface area contributed by atoms with E-state index in [2.05, 4.69) is 10.3 Å². The second kappa shape index (κ2) is 4.53. The number of fused-ring (bicyclic) bond motifs is 1. The van der Waals surface area contributed by atoms with E-state index in [1.807, 2.05) is 24.4 Å². The molecular weight excluding hydrogens is 245 g/mol. The van der Waals surface area contributed by atoms with E-state index < -0.39 is 5.82 Å². The zero-order valence-electron chi connectivity index (χ0n) is 9.88. The minimum absolute atomic E-state index is 0.261. The number of rotatable bonds is 2. The molecule has 3 aromatic rings. The molecule has 0 aliphatic rings. The van der Waals surface area contributed by atoms with Crippen LogP contribution in [0.15, 0.2) is 54.9 Å². The molecule has 1 aromatic carbocycles. The maximum absolute atomic E-state index is 13.0. The summed E-state index contributed by atoms with van der Waals surface area (Å²) in [5.74, 6) is -0.397. The summed E-state index contributed by atoms with van der Waals surface area (Å²) in [6.45, 7) is 0. The monoisotopic (exact) mass is 255 g/mol. The number of carbonyl (C=O) groups excluding carboxylic acids is 1. The van der Waals surface area contributed by atoms with Gasteiger partial charge in [0.05, 0.1) is 6.20 Å². The van der Waals surface area contributed by atoms with Gasteiger partial charge in [0.2, 0.25) is 0 Å². The third kappa shape index (κ3) is 2.30. The Kier molecular flexibility index (Phi) is 2.72. The average molecular weight is 255 g/mol. The van der Waals surface area contributed by atoms with E-state index in [9.17, 15) is 9.18 Å². The van der Waals surface area contributed by atoms with Crippen LogP contribution in [0.2, 0.25) is 0 Å². The molecule has 19 heavy (non-hydrogen) atoms. The number of halogens is 1. The van der Waals surface area contributed by atoms with Gasteiger partial charge in [-0.1, -0.05) is 12.1 Å². The van der Waals surface area contributed by atoms with Crippen molar-refractivity contribution in [2.45, 2.75) is 0 Å². The van der Waals surface area contributed by atoms with Crippen LogP contribution in [0.3, 0.4) is 0 Å². The molecule has 1 amide bonds. The van der Waals surface area contributed by atoms with Crippen LogP contribution in [-0.2, 0) is 0 Å². The Hall–Kier alpha value is -2.69. The fourth-order valence-electron chi connectivity index (χ4n) is 1.81. The Bertz CT molecular complexity index is 718. The van der Waals surface area contributed by atoms with Gasteiger partial charge in [-0.2, -0.15) is 0 Å². The first-order chi connectivity index (χ1) is 9.22. The number of carbonyl (C=O) groups is 1. The van der Waals surface area contributed by atoms with Gasteiger partial charge in [0.25, 0.3) is 5.91 Å². The summed E-state index contributed by atoms with van der Waals surface area (Å²) in [6, 6.07) is 11.1. The fraction of sp³-hybridized carbons (Fsp3) is 0. The van der Waals surface area contributed by atoms with Crippen molar-refractivity contribution >= 4 is 17.4 Å². The molecule has 0 radical (unpaired) electrons.